The predicted octanol–water partition coefficient (Wildman–Crippen LogP) is 1.05. The summed E-state index contributed by atoms with van der Waals surface area (Å²) in [7, 11) is 0. The third-order valence-corrected chi connectivity index (χ3v) is 3.60. The SMILES string of the molecule is CC(NCCSc1ncn[nH]1)C1CCCO1. The lowest BCUT2D eigenvalue weighted by atomic mass is 10.1. The van der Waals surface area contributed by atoms with Crippen molar-refractivity contribution in [3.8, 4) is 0 Å². The molecule has 16 heavy (non-hydrogen) atoms. The Labute approximate surface area is 99.7 Å². The summed E-state index contributed by atoms with van der Waals surface area (Å²) >= 11 is 1.68. The summed E-state index contributed by atoms with van der Waals surface area (Å²) in [5.41, 5.74) is 0. The fraction of sp³-hybridized carbons (Fsp3) is 0.800. The van der Waals surface area contributed by atoms with Crippen LogP contribution in [0.5, 0.6) is 0 Å². The summed E-state index contributed by atoms with van der Waals surface area (Å²) in [6.07, 6.45) is 4.31. The van der Waals surface area contributed by atoms with Crippen LogP contribution in [0.2, 0.25) is 0 Å². The maximum absolute atomic E-state index is 5.62. The largest absolute Gasteiger partial charge is 0.377 e. The van der Waals surface area contributed by atoms with Crippen molar-refractivity contribution in [1.82, 2.24) is 20.5 Å². The average molecular weight is 242 g/mol. The van der Waals surface area contributed by atoms with Crippen LogP contribution in [0, 0.1) is 0 Å². The Morgan fingerprint density at radius 1 is 1.75 bits per heavy atom. The van der Waals surface area contributed by atoms with Crippen LogP contribution >= 0.6 is 11.8 Å². The van der Waals surface area contributed by atoms with Crippen LogP contribution < -0.4 is 5.32 Å². The highest BCUT2D eigenvalue weighted by molar-refractivity contribution is 7.99. The summed E-state index contributed by atoms with van der Waals surface area (Å²) in [5.74, 6) is 0.992. The molecule has 1 saturated heterocycles. The van der Waals surface area contributed by atoms with Gasteiger partial charge in [-0.15, -0.1) is 0 Å². The van der Waals surface area contributed by atoms with Gasteiger partial charge in [-0.25, -0.2) is 4.98 Å². The molecule has 0 spiro atoms. The molecule has 0 bridgehead atoms. The third-order valence-electron chi connectivity index (χ3n) is 2.72. The summed E-state index contributed by atoms with van der Waals surface area (Å²) in [6, 6.07) is 0.442. The smallest absolute Gasteiger partial charge is 0.183 e. The molecule has 1 aliphatic heterocycles. The Morgan fingerprint density at radius 3 is 3.38 bits per heavy atom. The number of ether oxygens (including phenoxy) is 1. The number of rotatable bonds is 6. The fourth-order valence-corrected chi connectivity index (χ4v) is 2.48. The lowest BCUT2D eigenvalue weighted by Gasteiger charge is -2.19. The van der Waals surface area contributed by atoms with Crippen molar-refractivity contribution in [3.63, 3.8) is 0 Å². The van der Waals surface area contributed by atoms with E-state index in [1.54, 1.807) is 11.8 Å². The molecule has 0 aromatic carbocycles. The first-order valence-electron chi connectivity index (χ1n) is 5.69. The standard InChI is InChI=1S/C10H18N4OS/c1-8(9-3-2-5-15-9)11-4-6-16-10-12-7-13-14-10/h7-9,11H,2-6H2,1H3,(H,12,13,14). The number of nitrogens with zero attached hydrogens (tertiary/aromatic N) is 2. The van der Waals surface area contributed by atoms with Crippen molar-refractivity contribution in [2.75, 3.05) is 18.9 Å². The highest BCUT2D eigenvalue weighted by Crippen LogP contribution is 2.15. The zero-order valence-electron chi connectivity index (χ0n) is 9.48. The molecule has 2 heterocycles. The summed E-state index contributed by atoms with van der Waals surface area (Å²) < 4.78 is 5.62. The molecule has 2 atom stereocenters. The number of aromatic nitrogens is 3. The topological polar surface area (TPSA) is 62.8 Å². The van der Waals surface area contributed by atoms with E-state index < -0.39 is 0 Å². The van der Waals surface area contributed by atoms with E-state index in [-0.39, 0.29) is 0 Å². The molecule has 2 N–H and O–H groups in total. The second-order valence-electron chi connectivity index (χ2n) is 3.93. The Bertz CT molecular complexity index is 287. The first-order chi connectivity index (χ1) is 7.86. The second kappa shape index (κ2) is 6.22. The Kier molecular flexibility index (Phi) is 4.62. The molecule has 0 aliphatic carbocycles. The number of aromatic amines is 1. The van der Waals surface area contributed by atoms with Crippen LogP contribution in [0.15, 0.2) is 11.5 Å². The van der Waals surface area contributed by atoms with E-state index in [0.717, 1.165) is 24.1 Å². The minimum absolute atomic E-state index is 0.398. The van der Waals surface area contributed by atoms with Crippen LogP contribution in [0.4, 0.5) is 0 Å². The lowest BCUT2D eigenvalue weighted by Crippen LogP contribution is -2.38. The molecule has 1 fully saturated rings. The number of nitrogens with one attached hydrogen (secondary N) is 2. The molecule has 0 radical (unpaired) electrons. The quantitative estimate of drug-likeness (QED) is 0.577. The molecular formula is C10H18N4OS. The molecule has 0 saturated carbocycles. The third kappa shape index (κ3) is 3.47. The van der Waals surface area contributed by atoms with Crippen LogP contribution in [0.1, 0.15) is 19.8 Å². The van der Waals surface area contributed by atoms with Gasteiger partial charge >= 0.3 is 0 Å². The van der Waals surface area contributed by atoms with Gasteiger partial charge in [-0.2, -0.15) is 5.10 Å². The van der Waals surface area contributed by atoms with E-state index in [1.165, 1.54) is 19.2 Å². The molecule has 90 valence electrons. The number of hydrogen-bond donors (Lipinski definition) is 2. The average Bonchev–Trinajstić information content (AvgIpc) is 2.96. The highest BCUT2D eigenvalue weighted by Gasteiger charge is 2.21. The van der Waals surface area contributed by atoms with Crippen molar-refractivity contribution in [2.45, 2.75) is 37.1 Å². The zero-order valence-corrected chi connectivity index (χ0v) is 10.3. The molecule has 1 aromatic heterocycles. The van der Waals surface area contributed by atoms with Crippen LogP contribution in [0.25, 0.3) is 0 Å². The van der Waals surface area contributed by atoms with Gasteiger partial charge < -0.3 is 10.1 Å². The first kappa shape index (κ1) is 11.9. The minimum Gasteiger partial charge on any atom is -0.377 e. The predicted molar refractivity (Wildman–Crippen MR) is 63.5 cm³/mol. The molecular weight excluding hydrogens is 224 g/mol. The van der Waals surface area contributed by atoms with Crippen LogP contribution in [-0.2, 0) is 4.74 Å². The Balaban J connectivity index is 1.57. The lowest BCUT2D eigenvalue weighted by molar-refractivity contribution is 0.0844. The molecule has 2 unspecified atom stereocenters. The van der Waals surface area contributed by atoms with Gasteiger partial charge in [0, 0.05) is 24.9 Å². The van der Waals surface area contributed by atoms with E-state index in [0.29, 0.717) is 12.1 Å². The number of thioether (sulfide) groups is 1. The molecule has 6 heteroatoms. The Hall–Kier alpha value is -0.590. The normalized spacial score (nSPS) is 22.4. The van der Waals surface area contributed by atoms with Crippen molar-refractivity contribution in [1.29, 1.82) is 0 Å². The Morgan fingerprint density at radius 2 is 2.69 bits per heavy atom. The molecule has 2 rings (SSSR count). The number of H-pyrrole nitrogens is 1. The summed E-state index contributed by atoms with van der Waals surface area (Å²) in [6.45, 7) is 4.07. The van der Waals surface area contributed by atoms with Crippen molar-refractivity contribution in [2.24, 2.45) is 0 Å². The summed E-state index contributed by atoms with van der Waals surface area (Å²) in [5, 5.41) is 11.0. The maximum atomic E-state index is 5.62. The van der Waals surface area contributed by atoms with Gasteiger partial charge in [-0.05, 0) is 19.8 Å². The van der Waals surface area contributed by atoms with Crippen molar-refractivity contribution >= 4 is 11.8 Å². The van der Waals surface area contributed by atoms with Gasteiger partial charge in [0.05, 0.1) is 6.10 Å². The van der Waals surface area contributed by atoms with Gasteiger partial charge in [0.2, 0.25) is 0 Å². The van der Waals surface area contributed by atoms with E-state index in [1.807, 2.05) is 0 Å². The van der Waals surface area contributed by atoms with Gasteiger partial charge in [0.25, 0.3) is 0 Å². The van der Waals surface area contributed by atoms with E-state index in [2.05, 4.69) is 27.4 Å². The monoisotopic (exact) mass is 242 g/mol. The van der Waals surface area contributed by atoms with Crippen molar-refractivity contribution in [3.05, 3.63) is 6.33 Å². The minimum atomic E-state index is 0.398. The van der Waals surface area contributed by atoms with Crippen LogP contribution in [-0.4, -0.2) is 46.2 Å². The first-order valence-corrected chi connectivity index (χ1v) is 6.68. The maximum Gasteiger partial charge on any atom is 0.183 e. The van der Waals surface area contributed by atoms with E-state index in [4.69, 9.17) is 4.74 Å². The molecule has 1 aliphatic rings. The van der Waals surface area contributed by atoms with Gasteiger partial charge in [-0.3, -0.25) is 5.10 Å². The number of hydrogen-bond acceptors (Lipinski definition) is 5. The molecule has 5 nitrogen and oxygen atoms in total. The van der Waals surface area contributed by atoms with Gasteiger partial charge in [0.1, 0.15) is 6.33 Å². The van der Waals surface area contributed by atoms with E-state index in [9.17, 15) is 0 Å². The molecule has 1 aromatic rings. The van der Waals surface area contributed by atoms with E-state index >= 15 is 0 Å². The highest BCUT2D eigenvalue weighted by atomic mass is 32.2. The second-order valence-corrected chi connectivity index (χ2v) is 5.02. The zero-order chi connectivity index (χ0) is 11.2. The van der Waals surface area contributed by atoms with Gasteiger partial charge in [0.15, 0.2) is 5.16 Å². The molecule has 0 amide bonds. The van der Waals surface area contributed by atoms with Gasteiger partial charge in [-0.1, -0.05) is 11.8 Å². The fourth-order valence-electron chi connectivity index (χ4n) is 1.83. The van der Waals surface area contributed by atoms with Crippen LogP contribution in [0.3, 0.4) is 0 Å². The summed E-state index contributed by atoms with van der Waals surface area (Å²) in [4.78, 5) is 4.05. The van der Waals surface area contributed by atoms with Crippen molar-refractivity contribution < 1.29 is 4.74 Å².